The van der Waals surface area contributed by atoms with Gasteiger partial charge < -0.3 is 23.2 Å². The summed E-state index contributed by atoms with van der Waals surface area (Å²) in [6.45, 7) is 7.69. The number of rotatable bonds is 9. The molecule has 0 saturated heterocycles. The number of nitrogens with zero attached hydrogens (tertiary/aromatic N) is 4. The molecule has 1 atom stereocenters. The average Bonchev–Trinajstić information content (AvgIpc) is 3.61. The van der Waals surface area contributed by atoms with Gasteiger partial charge in [-0.05, 0) is 88.4 Å². The van der Waals surface area contributed by atoms with Crippen LogP contribution in [0.3, 0.4) is 0 Å². The molecule has 0 bridgehead atoms. The van der Waals surface area contributed by atoms with Crippen LogP contribution in [-0.2, 0) is 9.53 Å². The molecular formula is C35H32N4O6. The highest BCUT2D eigenvalue weighted by Crippen LogP contribution is 2.33. The van der Waals surface area contributed by atoms with E-state index < -0.39 is 12.1 Å². The number of para-hydroxylation sites is 1. The van der Waals surface area contributed by atoms with Crippen molar-refractivity contribution in [2.75, 3.05) is 13.7 Å². The maximum Gasteiger partial charge on any atom is 0.347 e. The topological polar surface area (TPSA) is 110 Å². The molecule has 0 fully saturated rings. The van der Waals surface area contributed by atoms with E-state index >= 15 is 0 Å². The lowest BCUT2D eigenvalue weighted by Crippen LogP contribution is -2.26. The van der Waals surface area contributed by atoms with Gasteiger partial charge in [-0.25, -0.2) is 9.78 Å². The van der Waals surface area contributed by atoms with Crippen molar-refractivity contribution in [1.29, 1.82) is 0 Å². The van der Waals surface area contributed by atoms with Crippen molar-refractivity contribution < 1.29 is 23.4 Å². The largest absolute Gasteiger partial charge is 0.496 e. The van der Waals surface area contributed by atoms with Crippen LogP contribution in [0.4, 0.5) is 0 Å². The number of fused-ring (bicyclic) bond motifs is 2. The maximum atomic E-state index is 13.7. The molecule has 6 aromatic rings. The van der Waals surface area contributed by atoms with Crippen molar-refractivity contribution in [2.24, 2.45) is 5.10 Å². The Balaban J connectivity index is 1.37. The van der Waals surface area contributed by atoms with E-state index in [4.69, 9.17) is 23.6 Å². The Morgan fingerprint density at radius 3 is 2.56 bits per heavy atom. The highest BCUT2D eigenvalue weighted by atomic mass is 16.6. The summed E-state index contributed by atoms with van der Waals surface area (Å²) in [6, 6.07) is 23.9. The van der Waals surface area contributed by atoms with E-state index in [1.165, 1.54) is 4.68 Å². The molecule has 45 heavy (non-hydrogen) atoms. The summed E-state index contributed by atoms with van der Waals surface area (Å²) in [5.41, 5.74) is 4.44. The van der Waals surface area contributed by atoms with Crippen LogP contribution < -0.4 is 15.0 Å². The fourth-order valence-corrected chi connectivity index (χ4v) is 5.33. The molecule has 0 aliphatic carbocycles. The molecule has 228 valence electrons. The number of methoxy groups -OCH3 is 1. The smallest absolute Gasteiger partial charge is 0.347 e. The van der Waals surface area contributed by atoms with Gasteiger partial charge in [0, 0.05) is 22.6 Å². The molecule has 0 spiro atoms. The van der Waals surface area contributed by atoms with Crippen LogP contribution in [0.5, 0.6) is 11.5 Å². The van der Waals surface area contributed by atoms with Gasteiger partial charge in [-0.2, -0.15) is 9.78 Å². The van der Waals surface area contributed by atoms with E-state index in [-0.39, 0.29) is 11.4 Å². The minimum absolute atomic E-state index is 0.273. The van der Waals surface area contributed by atoms with Gasteiger partial charge in [-0.3, -0.25) is 4.79 Å². The van der Waals surface area contributed by atoms with Crippen molar-refractivity contribution in [3.05, 3.63) is 106 Å². The number of furan rings is 1. The summed E-state index contributed by atoms with van der Waals surface area (Å²) in [6.07, 6.45) is 0.940. The van der Waals surface area contributed by atoms with Gasteiger partial charge in [-0.1, -0.05) is 18.2 Å². The number of hydrogen-bond donors (Lipinski definition) is 0. The number of ether oxygens (including phenoxy) is 3. The highest BCUT2D eigenvalue weighted by molar-refractivity contribution is 5.89. The Hall–Kier alpha value is -5.64. The fraction of sp³-hybridized carbons (Fsp3) is 0.200. The SMILES string of the molecule is CCOC(=O)[C@H](C)Oc1ccc(-n2c(C)cc(C=Nn3c(-c4cc5c(OC)cccc5o4)nc4ccccc4c3=O)c2C)cc1. The van der Waals surface area contributed by atoms with Crippen LogP contribution in [0, 0.1) is 13.8 Å². The summed E-state index contributed by atoms with van der Waals surface area (Å²) in [5, 5.41) is 5.86. The first-order chi connectivity index (χ1) is 21.8. The first kappa shape index (κ1) is 29.4. The van der Waals surface area contributed by atoms with Gasteiger partial charge in [0.2, 0.25) is 5.82 Å². The summed E-state index contributed by atoms with van der Waals surface area (Å²) in [7, 11) is 1.60. The van der Waals surface area contributed by atoms with Crippen LogP contribution in [0.1, 0.15) is 30.8 Å². The van der Waals surface area contributed by atoms with Gasteiger partial charge in [0.15, 0.2) is 11.9 Å². The molecule has 0 aliphatic heterocycles. The molecule has 10 heteroatoms. The lowest BCUT2D eigenvalue weighted by atomic mass is 10.2. The van der Waals surface area contributed by atoms with Crippen LogP contribution >= 0.6 is 0 Å². The first-order valence-electron chi connectivity index (χ1n) is 14.5. The number of aryl methyl sites for hydroxylation is 1. The van der Waals surface area contributed by atoms with Crippen LogP contribution in [-0.4, -0.2) is 46.2 Å². The Morgan fingerprint density at radius 2 is 1.80 bits per heavy atom. The third-order valence-corrected chi connectivity index (χ3v) is 7.52. The standard InChI is InChI=1S/C35H32N4O6/c1-6-43-35(41)23(4)44-26-16-14-25(15-17-26)38-21(2)18-24(22(38)3)20-36-39-33(37-29-11-8-7-10-27(29)34(39)40)32-19-28-30(42-5)12-9-13-31(28)45-32/h7-20,23H,6H2,1-5H3/t23-/m0/s1. The van der Waals surface area contributed by atoms with Crippen molar-refractivity contribution in [2.45, 2.75) is 33.8 Å². The minimum Gasteiger partial charge on any atom is -0.496 e. The fourth-order valence-electron chi connectivity index (χ4n) is 5.33. The number of aromatic nitrogens is 3. The third-order valence-electron chi connectivity index (χ3n) is 7.52. The molecule has 0 saturated carbocycles. The molecule has 3 aromatic heterocycles. The Labute approximate surface area is 259 Å². The quantitative estimate of drug-likeness (QED) is 0.138. The molecule has 3 heterocycles. The highest BCUT2D eigenvalue weighted by Gasteiger charge is 2.19. The Bertz CT molecular complexity index is 2120. The minimum atomic E-state index is -0.715. The summed E-state index contributed by atoms with van der Waals surface area (Å²) < 4.78 is 25.8. The van der Waals surface area contributed by atoms with Crippen LogP contribution in [0.15, 0.2) is 93.2 Å². The Morgan fingerprint density at radius 1 is 1.02 bits per heavy atom. The van der Waals surface area contributed by atoms with E-state index in [2.05, 4.69) is 9.67 Å². The molecule has 0 radical (unpaired) electrons. The average molecular weight is 605 g/mol. The van der Waals surface area contributed by atoms with Gasteiger partial charge in [-0.15, -0.1) is 0 Å². The zero-order chi connectivity index (χ0) is 31.7. The zero-order valence-corrected chi connectivity index (χ0v) is 25.6. The molecule has 0 unspecified atom stereocenters. The van der Waals surface area contributed by atoms with Crippen molar-refractivity contribution >= 4 is 34.1 Å². The van der Waals surface area contributed by atoms with Crippen molar-refractivity contribution in [3.63, 3.8) is 0 Å². The molecule has 3 aromatic carbocycles. The van der Waals surface area contributed by atoms with Crippen LogP contribution in [0.2, 0.25) is 0 Å². The zero-order valence-electron chi connectivity index (χ0n) is 25.6. The number of hydrogen-bond acceptors (Lipinski definition) is 8. The van der Waals surface area contributed by atoms with E-state index in [0.717, 1.165) is 28.0 Å². The molecule has 0 N–H and O–H groups in total. The third kappa shape index (κ3) is 5.58. The van der Waals surface area contributed by atoms with Crippen LogP contribution in [0.25, 0.3) is 39.1 Å². The predicted octanol–water partition coefficient (Wildman–Crippen LogP) is 6.44. The second-order valence-electron chi connectivity index (χ2n) is 10.5. The molecule has 0 amide bonds. The Kier molecular flexibility index (Phi) is 7.95. The lowest BCUT2D eigenvalue weighted by Gasteiger charge is -2.14. The summed E-state index contributed by atoms with van der Waals surface area (Å²) in [5.74, 6) is 1.46. The van der Waals surface area contributed by atoms with E-state index in [9.17, 15) is 9.59 Å². The maximum absolute atomic E-state index is 13.7. The van der Waals surface area contributed by atoms with E-state index in [1.54, 1.807) is 45.4 Å². The second kappa shape index (κ2) is 12.2. The second-order valence-corrected chi connectivity index (χ2v) is 10.5. The van der Waals surface area contributed by atoms with Crippen molar-refractivity contribution in [3.8, 4) is 28.8 Å². The monoisotopic (exact) mass is 604 g/mol. The predicted molar refractivity (Wildman–Crippen MR) is 173 cm³/mol. The van der Waals surface area contributed by atoms with Gasteiger partial charge in [0.25, 0.3) is 5.56 Å². The summed E-state index contributed by atoms with van der Waals surface area (Å²) >= 11 is 0. The molecule has 6 rings (SSSR count). The van der Waals surface area contributed by atoms with Gasteiger partial charge in [0.1, 0.15) is 17.1 Å². The number of esters is 1. The van der Waals surface area contributed by atoms with Gasteiger partial charge >= 0.3 is 5.97 Å². The number of benzene rings is 3. The van der Waals surface area contributed by atoms with E-state index in [0.29, 0.717) is 40.4 Å². The molecular weight excluding hydrogens is 572 g/mol. The van der Waals surface area contributed by atoms with Gasteiger partial charge in [0.05, 0.1) is 36.2 Å². The number of carbonyl (C=O) groups is 1. The summed E-state index contributed by atoms with van der Waals surface area (Å²) in [4.78, 5) is 30.5. The number of carbonyl (C=O) groups excluding carboxylic acids is 1. The molecule has 10 nitrogen and oxygen atoms in total. The molecule has 0 aliphatic rings. The van der Waals surface area contributed by atoms with E-state index in [1.807, 2.05) is 74.5 Å². The van der Waals surface area contributed by atoms with Crippen molar-refractivity contribution in [1.82, 2.24) is 14.2 Å². The first-order valence-corrected chi connectivity index (χ1v) is 14.5. The normalized spacial score (nSPS) is 12.2. The lowest BCUT2D eigenvalue weighted by molar-refractivity contribution is -0.150.